The van der Waals surface area contributed by atoms with Crippen LogP contribution in [0.1, 0.15) is 17.9 Å². The molecule has 1 aromatic heterocycles. The molecule has 1 aromatic rings. The summed E-state index contributed by atoms with van der Waals surface area (Å²) in [6.45, 7) is 0. The summed E-state index contributed by atoms with van der Waals surface area (Å²) in [7, 11) is 0. The van der Waals surface area contributed by atoms with Crippen LogP contribution < -0.4 is 0 Å². The highest BCUT2D eigenvalue weighted by molar-refractivity contribution is 5.68. The van der Waals surface area contributed by atoms with Crippen LogP contribution in [0.15, 0.2) is 24.5 Å². The molecule has 0 saturated heterocycles. The molecule has 13 heavy (non-hydrogen) atoms. The summed E-state index contributed by atoms with van der Waals surface area (Å²) in [6, 6.07) is 5.24. The lowest BCUT2D eigenvalue weighted by Crippen LogP contribution is -2.04. The van der Waals surface area contributed by atoms with Gasteiger partial charge < -0.3 is 5.11 Å². The zero-order valence-electron chi connectivity index (χ0n) is 6.84. The van der Waals surface area contributed by atoms with E-state index in [1.54, 1.807) is 24.5 Å². The molecular formula is C9H8N2O2. The first kappa shape index (κ1) is 9.20. The second-order valence-corrected chi connectivity index (χ2v) is 2.56. The number of rotatable bonds is 3. The molecule has 0 bridgehead atoms. The number of nitriles is 1. The van der Waals surface area contributed by atoms with E-state index in [1.165, 1.54) is 0 Å². The van der Waals surface area contributed by atoms with E-state index in [1.807, 2.05) is 6.07 Å². The van der Waals surface area contributed by atoms with Crippen molar-refractivity contribution in [2.75, 3.05) is 0 Å². The quantitative estimate of drug-likeness (QED) is 0.749. The van der Waals surface area contributed by atoms with E-state index in [0.29, 0.717) is 5.56 Å². The predicted octanol–water partition coefficient (Wildman–Crippen LogP) is 1.16. The number of carbonyl (C=O) groups is 1. The van der Waals surface area contributed by atoms with E-state index in [-0.39, 0.29) is 6.42 Å². The topological polar surface area (TPSA) is 74.0 Å². The summed E-state index contributed by atoms with van der Waals surface area (Å²) in [5, 5.41) is 17.2. The van der Waals surface area contributed by atoms with Crippen LogP contribution in [0.5, 0.6) is 0 Å². The van der Waals surface area contributed by atoms with Gasteiger partial charge in [-0.25, -0.2) is 0 Å². The van der Waals surface area contributed by atoms with Crippen molar-refractivity contribution in [3.8, 4) is 6.07 Å². The number of nitrogens with zero attached hydrogens (tertiary/aromatic N) is 2. The molecule has 0 radical (unpaired) electrons. The van der Waals surface area contributed by atoms with E-state index in [2.05, 4.69) is 4.98 Å². The first-order chi connectivity index (χ1) is 6.24. The van der Waals surface area contributed by atoms with Gasteiger partial charge >= 0.3 is 5.97 Å². The van der Waals surface area contributed by atoms with E-state index >= 15 is 0 Å². The molecular weight excluding hydrogens is 168 g/mol. The number of hydrogen-bond donors (Lipinski definition) is 1. The average Bonchev–Trinajstić information content (AvgIpc) is 2.15. The second kappa shape index (κ2) is 4.21. The maximum absolute atomic E-state index is 10.4. The summed E-state index contributed by atoms with van der Waals surface area (Å²) in [5.41, 5.74) is 0.694. The predicted molar refractivity (Wildman–Crippen MR) is 44.8 cm³/mol. The first-order valence-corrected chi connectivity index (χ1v) is 3.75. The van der Waals surface area contributed by atoms with Crippen LogP contribution in [0, 0.1) is 11.3 Å². The SMILES string of the molecule is N#C[C@H](CC(=O)O)c1ccncc1. The number of aliphatic carboxylic acids is 1. The van der Waals surface area contributed by atoms with Crippen LogP contribution in [-0.2, 0) is 4.79 Å². The Morgan fingerprint density at radius 2 is 2.23 bits per heavy atom. The molecule has 0 fully saturated rings. The molecule has 0 spiro atoms. The lowest BCUT2D eigenvalue weighted by Gasteiger charge is -2.04. The number of aromatic nitrogens is 1. The smallest absolute Gasteiger partial charge is 0.305 e. The van der Waals surface area contributed by atoms with Crippen molar-refractivity contribution in [1.82, 2.24) is 4.98 Å². The Morgan fingerprint density at radius 3 is 2.69 bits per heavy atom. The highest BCUT2D eigenvalue weighted by Crippen LogP contribution is 2.17. The highest BCUT2D eigenvalue weighted by atomic mass is 16.4. The molecule has 0 aliphatic heterocycles. The summed E-state index contributed by atoms with van der Waals surface area (Å²) < 4.78 is 0. The maximum Gasteiger partial charge on any atom is 0.305 e. The molecule has 0 aromatic carbocycles. The number of pyridine rings is 1. The monoisotopic (exact) mass is 176 g/mol. The van der Waals surface area contributed by atoms with Crippen LogP contribution in [0.25, 0.3) is 0 Å². The fourth-order valence-corrected chi connectivity index (χ4v) is 1.01. The third-order valence-corrected chi connectivity index (χ3v) is 1.64. The third-order valence-electron chi connectivity index (χ3n) is 1.64. The van der Waals surface area contributed by atoms with Crippen molar-refractivity contribution >= 4 is 5.97 Å². The summed E-state index contributed by atoms with van der Waals surface area (Å²) >= 11 is 0. The van der Waals surface area contributed by atoms with Crippen molar-refractivity contribution in [1.29, 1.82) is 5.26 Å². The Balaban J connectivity index is 2.80. The van der Waals surface area contributed by atoms with Gasteiger partial charge in [0.2, 0.25) is 0 Å². The van der Waals surface area contributed by atoms with Gasteiger partial charge in [-0.1, -0.05) is 0 Å². The van der Waals surface area contributed by atoms with E-state index < -0.39 is 11.9 Å². The molecule has 1 atom stereocenters. The Kier molecular flexibility index (Phi) is 2.98. The molecule has 4 heteroatoms. The lowest BCUT2D eigenvalue weighted by molar-refractivity contribution is -0.137. The van der Waals surface area contributed by atoms with Crippen molar-refractivity contribution in [3.05, 3.63) is 30.1 Å². The largest absolute Gasteiger partial charge is 0.481 e. The van der Waals surface area contributed by atoms with Crippen LogP contribution in [0.4, 0.5) is 0 Å². The highest BCUT2D eigenvalue weighted by Gasteiger charge is 2.13. The third kappa shape index (κ3) is 2.56. The molecule has 1 N–H and O–H groups in total. The van der Waals surface area contributed by atoms with Gasteiger partial charge in [0.25, 0.3) is 0 Å². The Bertz CT molecular complexity index is 329. The van der Waals surface area contributed by atoms with Gasteiger partial charge in [0.15, 0.2) is 0 Å². The minimum absolute atomic E-state index is 0.166. The fraction of sp³-hybridized carbons (Fsp3) is 0.222. The second-order valence-electron chi connectivity index (χ2n) is 2.56. The zero-order chi connectivity index (χ0) is 9.68. The summed E-state index contributed by atoms with van der Waals surface area (Å²) in [4.78, 5) is 14.2. The minimum Gasteiger partial charge on any atom is -0.481 e. The Labute approximate surface area is 75.5 Å². The average molecular weight is 176 g/mol. The molecule has 66 valence electrons. The zero-order valence-corrected chi connectivity index (χ0v) is 6.84. The molecule has 1 heterocycles. The minimum atomic E-state index is -0.969. The molecule has 0 amide bonds. The number of carboxylic acids is 1. The van der Waals surface area contributed by atoms with Gasteiger partial charge in [-0.05, 0) is 17.7 Å². The molecule has 0 saturated carbocycles. The Hall–Kier alpha value is -1.89. The van der Waals surface area contributed by atoms with Gasteiger partial charge in [0, 0.05) is 12.4 Å². The molecule has 4 nitrogen and oxygen atoms in total. The van der Waals surface area contributed by atoms with Gasteiger partial charge in [-0.3, -0.25) is 9.78 Å². The van der Waals surface area contributed by atoms with Crippen LogP contribution >= 0.6 is 0 Å². The first-order valence-electron chi connectivity index (χ1n) is 3.75. The molecule has 0 aliphatic rings. The van der Waals surface area contributed by atoms with Crippen molar-refractivity contribution < 1.29 is 9.90 Å². The summed E-state index contributed by atoms with van der Waals surface area (Å²) in [6.07, 6.45) is 2.92. The molecule has 1 rings (SSSR count). The van der Waals surface area contributed by atoms with Gasteiger partial charge in [-0.15, -0.1) is 0 Å². The van der Waals surface area contributed by atoms with Crippen molar-refractivity contribution in [2.45, 2.75) is 12.3 Å². The molecule has 0 aliphatic carbocycles. The van der Waals surface area contributed by atoms with Crippen molar-refractivity contribution in [3.63, 3.8) is 0 Å². The number of carboxylic acid groups (broad SMARTS) is 1. The summed E-state index contributed by atoms with van der Waals surface area (Å²) in [5.74, 6) is -1.55. The van der Waals surface area contributed by atoms with Gasteiger partial charge in [0.1, 0.15) is 0 Å². The van der Waals surface area contributed by atoms with Crippen LogP contribution in [0.2, 0.25) is 0 Å². The van der Waals surface area contributed by atoms with E-state index in [0.717, 1.165) is 0 Å². The van der Waals surface area contributed by atoms with Gasteiger partial charge in [0.05, 0.1) is 18.4 Å². The normalized spacial score (nSPS) is 11.6. The fourth-order valence-electron chi connectivity index (χ4n) is 1.01. The van der Waals surface area contributed by atoms with Crippen molar-refractivity contribution in [2.24, 2.45) is 0 Å². The number of hydrogen-bond acceptors (Lipinski definition) is 3. The van der Waals surface area contributed by atoms with Gasteiger partial charge in [-0.2, -0.15) is 5.26 Å². The van der Waals surface area contributed by atoms with Crippen LogP contribution in [0.3, 0.4) is 0 Å². The lowest BCUT2D eigenvalue weighted by atomic mass is 9.99. The standard InChI is InChI=1S/C9H8N2O2/c10-6-8(5-9(12)13)7-1-3-11-4-2-7/h1-4,8H,5H2,(H,12,13)/t8-/m0/s1. The van der Waals surface area contributed by atoms with E-state index in [9.17, 15) is 4.79 Å². The Morgan fingerprint density at radius 1 is 1.62 bits per heavy atom. The maximum atomic E-state index is 10.4. The van der Waals surface area contributed by atoms with E-state index in [4.69, 9.17) is 10.4 Å². The van der Waals surface area contributed by atoms with Crippen LogP contribution in [-0.4, -0.2) is 16.1 Å². The molecule has 0 unspecified atom stereocenters.